The molecule has 3 aromatic carbocycles. The van der Waals surface area contributed by atoms with Gasteiger partial charge in [0.1, 0.15) is 0 Å². The summed E-state index contributed by atoms with van der Waals surface area (Å²) in [6, 6.07) is 22.6. The van der Waals surface area contributed by atoms with Gasteiger partial charge >= 0.3 is 6.18 Å². The molecule has 0 N–H and O–H groups in total. The fourth-order valence-electron chi connectivity index (χ4n) is 2.58. The van der Waals surface area contributed by atoms with E-state index in [-0.39, 0.29) is 5.78 Å². The number of allylic oxidation sites excluding steroid dienone is 1. The molecule has 0 amide bonds. The van der Waals surface area contributed by atoms with Crippen LogP contribution in [0.5, 0.6) is 0 Å². The molecular formula is C22H15F3O. The van der Waals surface area contributed by atoms with Gasteiger partial charge in [-0.3, -0.25) is 4.79 Å². The molecule has 4 heteroatoms. The minimum absolute atomic E-state index is 0.184. The second kappa shape index (κ2) is 7.40. The summed E-state index contributed by atoms with van der Waals surface area (Å²) in [5.74, 6) is -0.184. The lowest BCUT2D eigenvalue weighted by Crippen LogP contribution is -2.04. The Kier molecular flexibility index (Phi) is 5.03. The van der Waals surface area contributed by atoms with Crippen molar-refractivity contribution < 1.29 is 18.0 Å². The van der Waals surface area contributed by atoms with Gasteiger partial charge in [0.2, 0.25) is 0 Å². The van der Waals surface area contributed by atoms with Gasteiger partial charge in [-0.25, -0.2) is 0 Å². The Morgan fingerprint density at radius 3 is 1.69 bits per heavy atom. The van der Waals surface area contributed by atoms with E-state index in [0.717, 1.165) is 12.1 Å². The Hall–Kier alpha value is -3.14. The minimum Gasteiger partial charge on any atom is -0.289 e. The van der Waals surface area contributed by atoms with Crippen molar-refractivity contribution >= 4 is 17.4 Å². The topological polar surface area (TPSA) is 17.1 Å². The largest absolute Gasteiger partial charge is 0.416 e. The van der Waals surface area contributed by atoms with Crippen LogP contribution in [0.2, 0.25) is 0 Å². The summed E-state index contributed by atoms with van der Waals surface area (Å²) in [7, 11) is 0. The van der Waals surface area contributed by atoms with Gasteiger partial charge in [0.15, 0.2) is 5.78 Å². The molecule has 0 radical (unpaired) electrons. The van der Waals surface area contributed by atoms with Crippen LogP contribution >= 0.6 is 0 Å². The van der Waals surface area contributed by atoms with Gasteiger partial charge in [0.05, 0.1) is 5.56 Å². The number of alkyl halides is 3. The molecule has 0 aliphatic heterocycles. The normalized spacial score (nSPS) is 12.0. The van der Waals surface area contributed by atoms with Crippen LogP contribution in [0.3, 0.4) is 0 Å². The molecule has 0 saturated carbocycles. The quantitative estimate of drug-likeness (QED) is 0.314. The van der Waals surface area contributed by atoms with Crippen LogP contribution in [0, 0.1) is 0 Å². The summed E-state index contributed by atoms with van der Waals surface area (Å²) in [6.07, 6.45) is -2.77. The second-order valence-electron chi connectivity index (χ2n) is 5.74. The fourth-order valence-corrected chi connectivity index (χ4v) is 2.58. The maximum atomic E-state index is 12.9. The van der Waals surface area contributed by atoms with E-state index in [1.807, 2.05) is 24.3 Å². The summed E-state index contributed by atoms with van der Waals surface area (Å²) >= 11 is 0. The Morgan fingerprint density at radius 2 is 1.19 bits per heavy atom. The van der Waals surface area contributed by atoms with Crippen molar-refractivity contribution in [1.29, 1.82) is 0 Å². The lowest BCUT2D eigenvalue weighted by Gasteiger charge is -2.09. The van der Waals surface area contributed by atoms with E-state index in [1.54, 1.807) is 42.5 Å². The molecule has 1 nitrogen and oxygen atoms in total. The predicted octanol–water partition coefficient (Wildman–Crippen LogP) is 6.13. The first-order valence-electron chi connectivity index (χ1n) is 7.99. The van der Waals surface area contributed by atoms with Crippen molar-refractivity contribution in [3.05, 3.63) is 107 Å². The van der Waals surface area contributed by atoms with Crippen LogP contribution in [0.4, 0.5) is 13.2 Å². The van der Waals surface area contributed by atoms with E-state index in [0.29, 0.717) is 22.3 Å². The van der Waals surface area contributed by atoms with E-state index in [1.165, 1.54) is 12.1 Å². The van der Waals surface area contributed by atoms with E-state index in [9.17, 15) is 18.0 Å². The number of carbonyl (C=O) groups excluding carboxylic acids is 1. The Balaban J connectivity index is 2.04. The third-order valence-corrected chi connectivity index (χ3v) is 3.91. The lowest BCUT2D eigenvalue weighted by atomic mass is 9.94. The monoisotopic (exact) mass is 352 g/mol. The predicted molar refractivity (Wildman–Crippen MR) is 96.5 cm³/mol. The third-order valence-electron chi connectivity index (χ3n) is 3.91. The summed E-state index contributed by atoms with van der Waals surface area (Å²) in [5, 5.41) is 0. The van der Waals surface area contributed by atoms with Gasteiger partial charge in [-0.2, -0.15) is 13.2 Å². The molecule has 0 unspecified atom stereocenters. The SMILES string of the molecule is O=C(/C(=C/c1ccc(C(F)(F)F)cc1)c1ccccc1)c1ccccc1. The zero-order valence-corrected chi connectivity index (χ0v) is 13.7. The molecule has 0 aliphatic rings. The summed E-state index contributed by atoms with van der Waals surface area (Å²) in [6.45, 7) is 0. The van der Waals surface area contributed by atoms with Crippen LogP contribution in [-0.2, 0) is 6.18 Å². The van der Waals surface area contributed by atoms with Gasteiger partial charge < -0.3 is 0 Å². The molecule has 0 aromatic heterocycles. The van der Waals surface area contributed by atoms with Gasteiger partial charge in [-0.15, -0.1) is 0 Å². The van der Waals surface area contributed by atoms with Crippen LogP contribution < -0.4 is 0 Å². The fraction of sp³-hybridized carbons (Fsp3) is 0.0455. The Bertz CT molecular complexity index is 909. The van der Waals surface area contributed by atoms with E-state index < -0.39 is 11.7 Å². The number of carbonyl (C=O) groups is 1. The minimum atomic E-state index is -4.38. The number of hydrogen-bond donors (Lipinski definition) is 0. The highest BCUT2D eigenvalue weighted by atomic mass is 19.4. The molecule has 0 bridgehead atoms. The molecule has 3 aromatic rings. The smallest absolute Gasteiger partial charge is 0.289 e. The molecule has 26 heavy (non-hydrogen) atoms. The summed E-state index contributed by atoms with van der Waals surface area (Å²) in [4.78, 5) is 12.9. The van der Waals surface area contributed by atoms with Crippen molar-refractivity contribution in [3.63, 3.8) is 0 Å². The molecule has 3 rings (SSSR count). The van der Waals surface area contributed by atoms with Crippen molar-refractivity contribution in [2.75, 3.05) is 0 Å². The highest BCUT2D eigenvalue weighted by Crippen LogP contribution is 2.30. The van der Waals surface area contributed by atoms with Gasteiger partial charge in [0, 0.05) is 11.1 Å². The molecule has 0 saturated heterocycles. The zero-order chi connectivity index (χ0) is 18.6. The van der Waals surface area contributed by atoms with E-state index in [2.05, 4.69) is 0 Å². The molecule has 130 valence electrons. The first-order valence-corrected chi connectivity index (χ1v) is 7.99. The van der Waals surface area contributed by atoms with Gasteiger partial charge in [0.25, 0.3) is 0 Å². The molecule has 0 heterocycles. The average molecular weight is 352 g/mol. The summed E-state index contributed by atoms with van der Waals surface area (Å²) < 4.78 is 38.2. The molecule has 0 atom stereocenters. The van der Waals surface area contributed by atoms with Crippen molar-refractivity contribution in [3.8, 4) is 0 Å². The van der Waals surface area contributed by atoms with Crippen LogP contribution in [0.1, 0.15) is 27.0 Å². The number of benzene rings is 3. The molecule has 0 fully saturated rings. The Morgan fingerprint density at radius 1 is 0.692 bits per heavy atom. The zero-order valence-electron chi connectivity index (χ0n) is 13.7. The number of ketones is 1. The van der Waals surface area contributed by atoms with Gasteiger partial charge in [-0.1, -0.05) is 72.8 Å². The van der Waals surface area contributed by atoms with Crippen LogP contribution in [0.15, 0.2) is 84.9 Å². The van der Waals surface area contributed by atoms with Crippen LogP contribution in [0.25, 0.3) is 11.6 Å². The first kappa shape index (κ1) is 17.7. The maximum Gasteiger partial charge on any atom is 0.416 e. The Labute approximate surface area is 149 Å². The molecule has 0 aliphatic carbocycles. The van der Waals surface area contributed by atoms with E-state index >= 15 is 0 Å². The number of rotatable bonds is 4. The first-order chi connectivity index (χ1) is 12.4. The maximum absolute atomic E-state index is 12.9. The molecule has 0 spiro atoms. The number of halogens is 3. The van der Waals surface area contributed by atoms with E-state index in [4.69, 9.17) is 0 Å². The van der Waals surface area contributed by atoms with Crippen LogP contribution in [-0.4, -0.2) is 5.78 Å². The number of Topliss-reactive ketones (excluding diaryl/α,β-unsaturated/α-hetero) is 1. The summed E-state index contributed by atoms with van der Waals surface area (Å²) in [5.41, 5.74) is 1.47. The standard InChI is InChI=1S/C22H15F3O/c23-22(24,25)19-13-11-16(12-14-19)15-20(17-7-3-1-4-8-17)21(26)18-9-5-2-6-10-18/h1-15H/b20-15+. The average Bonchev–Trinajstić information content (AvgIpc) is 2.66. The van der Waals surface area contributed by atoms with Crippen molar-refractivity contribution in [1.82, 2.24) is 0 Å². The van der Waals surface area contributed by atoms with Crippen molar-refractivity contribution in [2.45, 2.75) is 6.18 Å². The molecular weight excluding hydrogens is 337 g/mol. The third kappa shape index (κ3) is 4.09. The highest BCUT2D eigenvalue weighted by molar-refractivity contribution is 6.32. The highest BCUT2D eigenvalue weighted by Gasteiger charge is 2.29. The second-order valence-corrected chi connectivity index (χ2v) is 5.74. The van der Waals surface area contributed by atoms with Gasteiger partial charge in [-0.05, 0) is 29.3 Å². The van der Waals surface area contributed by atoms with Crippen molar-refractivity contribution in [2.24, 2.45) is 0 Å². The number of hydrogen-bond acceptors (Lipinski definition) is 1. The lowest BCUT2D eigenvalue weighted by molar-refractivity contribution is -0.137.